The summed E-state index contributed by atoms with van der Waals surface area (Å²) in [5, 5.41) is 8.06. The number of halogens is 1. The fraction of sp³-hybridized carbons (Fsp3) is 0.300. The Labute approximate surface area is 236 Å². The van der Waals surface area contributed by atoms with E-state index in [4.69, 9.17) is 11.6 Å². The van der Waals surface area contributed by atoms with Gasteiger partial charge in [0, 0.05) is 38.2 Å². The quantitative estimate of drug-likeness (QED) is 0.320. The Balaban J connectivity index is 1.20. The first-order chi connectivity index (χ1) is 19.4. The predicted octanol–water partition coefficient (Wildman–Crippen LogP) is 4.93. The van der Waals surface area contributed by atoms with Gasteiger partial charge in [0.05, 0.1) is 38.7 Å². The van der Waals surface area contributed by atoms with Gasteiger partial charge >= 0.3 is 5.69 Å². The van der Waals surface area contributed by atoms with Crippen LogP contribution in [0.2, 0.25) is 5.02 Å². The lowest BCUT2D eigenvalue weighted by Gasteiger charge is -2.29. The second kappa shape index (κ2) is 10.7. The molecule has 1 amide bonds. The van der Waals surface area contributed by atoms with Gasteiger partial charge in [0.15, 0.2) is 0 Å². The number of carbonyl (C=O) groups excluding carboxylic acids is 1. The van der Waals surface area contributed by atoms with Crippen LogP contribution in [0.1, 0.15) is 41.7 Å². The van der Waals surface area contributed by atoms with E-state index in [0.29, 0.717) is 34.4 Å². The zero-order chi connectivity index (χ0) is 27.8. The van der Waals surface area contributed by atoms with Crippen LogP contribution < -0.4 is 11.0 Å². The van der Waals surface area contributed by atoms with Gasteiger partial charge in [-0.3, -0.25) is 28.6 Å². The van der Waals surface area contributed by atoms with E-state index in [1.54, 1.807) is 27.7 Å². The molecule has 0 spiro atoms. The summed E-state index contributed by atoms with van der Waals surface area (Å²) < 4.78 is 5.38. The van der Waals surface area contributed by atoms with Crippen LogP contribution >= 0.6 is 11.6 Å². The summed E-state index contributed by atoms with van der Waals surface area (Å²) in [4.78, 5) is 35.4. The molecule has 4 aromatic heterocycles. The van der Waals surface area contributed by atoms with Crippen LogP contribution in [0.25, 0.3) is 28.1 Å². The number of hydrogen-bond donors (Lipinski definition) is 1. The second-order valence-corrected chi connectivity index (χ2v) is 10.9. The highest BCUT2D eigenvalue weighted by Gasteiger charge is 2.26. The molecule has 1 saturated carbocycles. The number of pyridine rings is 2. The maximum Gasteiger partial charge on any atom is 0.333 e. The summed E-state index contributed by atoms with van der Waals surface area (Å²) in [5.41, 5.74) is 5.09. The van der Waals surface area contributed by atoms with E-state index < -0.39 is 0 Å². The van der Waals surface area contributed by atoms with Crippen molar-refractivity contribution >= 4 is 28.5 Å². The van der Waals surface area contributed by atoms with Gasteiger partial charge in [0.25, 0.3) is 5.91 Å². The summed E-state index contributed by atoms with van der Waals surface area (Å²) in [6, 6.07) is 15.3. The SMILES string of the molecule is Cc1ncc(Cl)cc1C(=O)NC1CCC(Cn2c(=O)n(-c3ccnc(-c4ccn(C)n4)c3)c3ccccc32)CC1. The van der Waals surface area contributed by atoms with Gasteiger partial charge in [-0.1, -0.05) is 23.7 Å². The molecule has 1 aromatic carbocycles. The minimum absolute atomic E-state index is 0.0706. The van der Waals surface area contributed by atoms with Crippen molar-refractivity contribution in [1.82, 2.24) is 34.2 Å². The highest BCUT2D eigenvalue weighted by molar-refractivity contribution is 6.30. The number of benzene rings is 1. The Kier molecular flexibility index (Phi) is 6.98. The molecule has 0 saturated heterocycles. The van der Waals surface area contributed by atoms with E-state index in [1.807, 2.05) is 67.2 Å². The van der Waals surface area contributed by atoms with Crippen LogP contribution in [0.4, 0.5) is 0 Å². The number of nitrogens with one attached hydrogen (secondary N) is 1. The molecule has 1 aliphatic rings. The number of aromatic nitrogens is 6. The van der Waals surface area contributed by atoms with Gasteiger partial charge in [-0.05, 0) is 74.9 Å². The second-order valence-electron chi connectivity index (χ2n) is 10.5. The summed E-state index contributed by atoms with van der Waals surface area (Å²) in [6.45, 7) is 2.43. The normalized spacial score (nSPS) is 17.3. The minimum Gasteiger partial charge on any atom is -0.349 e. The molecule has 0 aliphatic heterocycles. The molecule has 5 aromatic rings. The molecule has 0 atom stereocenters. The van der Waals surface area contributed by atoms with Crippen molar-refractivity contribution in [2.45, 2.75) is 45.2 Å². The zero-order valence-corrected chi connectivity index (χ0v) is 23.2. The highest BCUT2D eigenvalue weighted by Crippen LogP contribution is 2.28. The molecule has 1 N–H and O–H groups in total. The molecule has 0 radical (unpaired) electrons. The standard InChI is InChI=1S/C30H30ClN7O2/c1-19-24(15-21(31)17-33-19)29(39)34-22-9-7-20(8-10-22)18-37-27-5-3-4-6-28(27)38(30(37)40)23-11-13-32-26(16-23)25-12-14-36(2)35-25/h3-6,11-17,20,22H,7-10,18H2,1-2H3,(H,34,39). The maximum absolute atomic E-state index is 13.9. The Hall–Kier alpha value is -4.24. The average molecular weight is 556 g/mol. The van der Waals surface area contributed by atoms with E-state index in [2.05, 4.69) is 20.4 Å². The van der Waals surface area contributed by atoms with E-state index in [1.165, 1.54) is 0 Å². The minimum atomic E-state index is -0.141. The van der Waals surface area contributed by atoms with Gasteiger partial charge < -0.3 is 5.32 Å². The number of fused-ring (bicyclic) bond motifs is 1. The summed E-state index contributed by atoms with van der Waals surface area (Å²) >= 11 is 6.05. The summed E-state index contributed by atoms with van der Waals surface area (Å²) in [7, 11) is 1.87. The molecule has 6 rings (SSSR count). The van der Waals surface area contributed by atoms with E-state index >= 15 is 0 Å². The van der Waals surface area contributed by atoms with Gasteiger partial charge in [-0.25, -0.2) is 4.79 Å². The molecule has 1 fully saturated rings. The monoisotopic (exact) mass is 555 g/mol. The van der Waals surface area contributed by atoms with Crippen molar-refractivity contribution in [1.29, 1.82) is 0 Å². The fourth-order valence-corrected chi connectivity index (χ4v) is 5.79. The van der Waals surface area contributed by atoms with Crippen LogP contribution in [-0.4, -0.2) is 40.8 Å². The third-order valence-corrected chi connectivity index (χ3v) is 7.94. The van der Waals surface area contributed by atoms with Crippen LogP contribution in [0.3, 0.4) is 0 Å². The van der Waals surface area contributed by atoms with Crippen LogP contribution in [0.5, 0.6) is 0 Å². The van der Waals surface area contributed by atoms with E-state index in [0.717, 1.165) is 48.1 Å². The van der Waals surface area contributed by atoms with Gasteiger partial charge in [-0.15, -0.1) is 0 Å². The average Bonchev–Trinajstić information content (AvgIpc) is 3.52. The first kappa shape index (κ1) is 26.0. The first-order valence-electron chi connectivity index (χ1n) is 13.5. The molecule has 1 aliphatic carbocycles. The van der Waals surface area contributed by atoms with Crippen molar-refractivity contribution in [3.63, 3.8) is 0 Å². The molecule has 204 valence electrons. The fourth-order valence-electron chi connectivity index (χ4n) is 5.63. The van der Waals surface area contributed by atoms with Crippen LogP contribution in [0.15, 0.2) is 71.9 Å². The molecular formula is C30H30ClN7O2. The Morgan fingerprint density at radius 3 is 2.55 bits per heavy atom. The molecule has 9 nitrogen and oxygen atoms in total. The van der Waals surface area contributed by atoms with Crippen LogP contribution in [-0.2, 0) is 13.6 Å². The zero-order valence-electron chi connectivity index (χ0n) is 22.4. The number of carbonyl (C=O) groups is 1. The third-order valence-electron chi connectivity index (χ3n) is 7.73. The molecule has 10 heteroatoms. The summed E-state index contributed by atoms with van der Waals surface area (Å²) in [5.74, 6) is 0.193. The van der Waals surface area contributed by atoms with E-state index in [9.17, 15) is 9.59 Å². The Morgan fingerprint density at radius 2 is 1.80 bits per heavy atom. The molecule has 4 heterocycles. The molecule has 0 bridgehead atoms. The lowest BCUT2D eigenvalue weighted by Crippen LogP contribution is -2.39. The number of imidazole rings is 1. The number of aryl methyl sites for hydroxylation is 2. The van der Waals surface area contributed by atoms with Crippen molar-refractivity contribution in [3.05, 3.63) is 93.9 Å². The van der Waals surface area contributed by atoms with Gasteiger partial charge in [0.1, 0.15) is 5.69 Å². The van der Waals surface area contributed by atoms with Crippen molar-refractivity contribution in [2.75, 3.05) is 0 Å². The number of hydrogen-bond acceptors (Lipinski definition) is 5. The van der Waals surface area contributed by atoms with Gasteiger partial charge in [-0.2, -0.15) is 5.10 Å². The topological polar surface area (TPSA) is 99.6 Å². The number of amides is 1. The largest absolute Gasteiger partial charge is 0.349 e. The lowest BCUT2D eigenvalue weighted by atomic mass is 9.85. The van der Waals surface area contributed by atoms with E-state index in [-0.39, 0.29) is 17.6 Å². The molecule has 40 heavy (non-hydrogen) atoms. The molecular weight excluding hydrogens is 526 g/mol. The first-order valence-corrected chi connectivity index (χ1v) is 13.8. The van der Waals surface area contributed by atoms with Crippen molar-refractivity contribution < 1.29 is 4.79 Å². The summed E-state index contributed by atoms with van der Waals surface area (Å²) in [6.07, 6.45) is 8.69. The lowest BCUT2D eigenvalue weighted by molar-refractivity contribution is 0.0919. The Morgan fingerprint density at radius 1 is 1.02 bits per heavy atom. The van der Waals surface area contributed by atoms with Crippen molar-refractivity contribution in [3.8, 4) is 17.1 Å². The van der Waals surface area contributed by atoms with Gasteiger partial charge in [0.2, 0.25) is 0 Å². The predicted molar refractivity (Wildman–Crippen MR) is 155 cm³/mol. The maximum atomic E-state index is 13.9. The third kappa shape index (κ3) is 5.04. The molecule has 0 unspecified atom stereocenters. The number of rotatable bonds is 6. The van der Waals surface area contributed by atoms with Crippen LogP contribution in [0, 0.1) is 12.8 Å². The van der Waals surface area contributed by atoms with Crippen molar-refractivity contribution in [2.24, 2.45) is 13.0 Å². The Bertz CT molecular complexity index is 1760. The smallest absolute Gasteiger partial charge is 0.333 e. The number of para-hydroxylation sites is 2. The highest BCUT2D eigenvalue weighted by atomic mass is 35.5. The number of nitrogens with zero attached hydrogens (tertiary/aromatic N) is 6.